The highest BCUT2D eigenvalue weighted by atomic mass is 35.5. The summed E-state index contributed by atoms with van der Waals surface area (Å²) in [6.07, 6.45) is -4.45. The Morgan fingerprint density at radius 1 is 0.935 bits per heavy atom. The molecule has 0 spiro atoms. The maximum atomic E-state index is 13.4. The second-order valence-electron chi connectivity index (χ2n) is 6.87. The normalized spacial score (nSPS) is 11.7. The van der Waals surface area contributed by atoms with Crippen molar-refractivity contribution in [1.29, 1.82) is 0 Å². The van der Waals surface area contributed by atoms with Crippen LogP contribution in [0.5, 0.6) is 0 Å². The largest absolute Gasteiger partial charge is 0.416 e. The van der Waals surface area contributed by atoms with Crippen LogP contribution in [0.3, 0.4) is 0 Å². The molecule has 1 aromatic heterocycles. The molecule has 4 rings (SSSR count). The van der Waals surface area contributed by atoms with Crippen molar-refractivity contribution >= 4 is 34.3 Å². The van der Waals surface area contributed by atoms with Gasteiger partial charge in [-0.2, -0.15) is 13.2 Å². The lowest BCUT2D eigenvalue weighted by Crippen LogP contribution is -2.24. The maximum absolute atomic E-state index is 13.4. The Bertz CT molecular complexity index is 1290. The zero-order valence-corrected chi connectivity index (χ0v) is 17.6. The number of hydrogen-bond acceptors (Lipinski definition) is 3. The Balaban J connectivity index is 1.75. The molecule has 1 heterocycles. The van der Waals surface area contributed by atoms with Gasteiger partial charge in [0.05, 0.1) is 23.0 Å². The van der Waals surface area contributed by atoms with Crippen LogP contribution in [0.4, 0.5) is 13.2 Å². The fourth-order valence-electron chi connectivity index (χ4n) is 3.23. The second-order valence-corrected chi connectivity index (χ2v) is 8.25. The molecule has 0 saturated heterocycles. The zero-order valence-electron chi connectivity index (χ0n) is 16.1. The highest BCUT2D eigenvalue weighted by Gasteiger charge is 2.32. The van der Waals surface area contributed by atoms with Gasteiger partial charge in [-0.15, -0.1) is 0 Å². The van der Waals surface area contributed by atoms with Gasteiger partial charge in [0.1, 0.15) is 0 Å². The van der Waals surface area contributed by atoms with Crippen molar-refractivity contribution in [1.82, 2.24) is 9.55 Å². The smallest absolute Gasteiger partial charge is 0.283 e. The van der Waals surface area contributed by atoms with Crippen molar-refractivity contribution in [2.24, 2.45) is 0 Å². The van der Waals surface area contributed by atoms with E-state index in [1.807, 2.05) is 0 Å². The molecular formula is C23H16ClF3N2OS. The van der Waals surface area contributed by atoms with E-state index in [0.29, 0.717) is 21.1 Å². The predicted octanol–water partition coefficient (Wildman–Crippen LogP) is 6.41. The first-order chi connectivity index (χ1) is 14.8. The van der Waals surface area contributed by atoms with Crippen molar-refractivity contribution in [3.63, 3.8) is 0 Å². The highest BCUT2D eigenvalue weighted by Crippen LogP contribution is 2.34. The van der Waals surface area contributed by atoms with Crippen LogP contribution in [0.2, 0.25) is 5.02 Å². The molecule has 0 atom stereocenters. The summed E-state index contributed by atoms with van der Waals surface area (Å²) >= 11 is 7.06. The zero-order chi connectivity index (χ0) is 22.0. The molecule has 0 aliphatic heterocycles. The summed E-state index contributed by atoms with van der Waals surface area (Å²) in [5.41, 5.74) is 0.551. The summed E-state index contributed by atoms with van der Waals surface area (Å²) in [6.45, 7) is 0.233. The molecule has 0 bridgehead atoms. The molecule has 0 saturated carbocycles. The number of rotatable bonds is 5. The molecular weight excluding hydrogens is 445 g/mol. The molecule has 8 heteroatoms. The standard InChI is InChI=1S/C23H16ClF3N2OS/c24-17-11-9-15(10-12-17)13-29-21(30)18-6-2-4-8-20(18)28-22(29)31-14-16-5-1-3-7-19(16)23(25,26)27/h1-12H,13-14H2. The lowest BCUT2D eigenvalue weighted by molar-refractivity contribution is -0.138. The highest BCUT2D eigenvalue weighted by molar-refractivity contribution is 7.98. The summed E-state index contributed by atoms with van der Waals surface area (Å²) in [6, 6.07) is 19.4. The van der Waals surface area contributed by atoms with Gasteiger partial charge < -0.3 is 0 Å². The number of benzene rings is 3. The van der Waals surface area contributed by atoms with Crippen LogP contribution in [-0.2, 0) is 18.5 Å². The average Bonchev–Trinajstić information content (AvgIpc) is 2.75. The van der Waals surface area contributed by atoms with E-state index in [1.54, 1.807) is 54.6 Å². The van der Waals surface area contributed by atoms with Gasteiger partial charge in [-0.05, 0) is 41.5 Å². The molecule has 31 heavy (non-hydrogen) atoms. The lowest BCUT2D eigenvalue weighted by Gasteiger charge is -2.15. The third-order valence-electron chi connectivity index (χ3n) is 4.76. The molecule has 0 aliphatic carbocycles. The molecule has 0 unspecified atom stereocenters. The Hall–Kier alpha value is -2.77. The summed E-state index contributed by atoms with van der Waals surface area (Å²) in [7, 11) is 0. The van der Waals surface area contributed by atoms with Crippen molar-refractivity contribution in [2.45, 2.75) is 23.6 Å². The van der Waals surface area contributed by atoms with Gasteiger partial charge in [0.25, 0.3) is 5.56 Å². The minimum absolute atomic E-state index is 0.0289. The van der Waals surface area contributed by atoms with Crippen LogP contribution < -0.4 is 5.56 Å². The molecule has 0 aliphatic rings. The molecule has 3 nitrogen and oxygen atoms in total. The van der Waals surface area contributed by atoms with Crippen LogP contribution in [0.25, 0.3) is 10.9 Å². The van der Waals surface area contributed by atoms with Gasteiger partial charge >= 0.3 is 6.18 Å². The number of para-hydroxylation sites is 1. The molecule has 0 radical (unpaired) electrons. The second kappa shape index (κ2) is 8.77. The van der Waals surface area contributed by atoms with Gasteiger partial charge in [0.15, 0.2) is 5.16 Å². The summed E-state index contributed by atoms with van der Waals surface area (Å²) < 4.78 is 41.6. The number of nitrogens with zero attached hydrogens (tertiary/aromatic N) is 2. The monoisotopic (exact) mass is 460 g/mol. The van der Waals surface area contributed by atoms with Crippen molar-refractivity contribution in [2.75, 3.05) is 0 Å². The first-order valence-corrected chi connectivity index (χ1v) is 10.7. The topological polar surface area (TPSA) is 34.9 Å². The van der Waals surface area contributed by atoms with E-state index in [-0.39, 0.29) is 23.4 Å². The quantitative estimate of drug-likeness (QED) is 0.255. The first-order valence-electron chi connectivity index (χ1n) is 9.35. The van der Waals surface area contributed by atoms with E-state index < -0.39 is 11.7 Å². The summed E-state index contributed by atoms with van der Waals surface area (Å²) in [4.78, 5) is 17.7. The van der Waals surface area contributed by atoms with E-state index in [9.17, 15) is 18.0 Å². The summed E-state index contributed by atoms with van der Waals surface area (Å²) in [5.74, 6) is 0.0289. The van der Waals surface area contributed by atoms with Crippen molar-refractivity contribution in [3.8, 4) is 0 Å². The molecule has 0 amide bonds. The SMILES string of the molecule is O=c1c2ccccc2nc(SCc2ccccc2C(F)(F)F)n1Cc1ccc(Cl)cc1. The molecule has 4 aromatic rings. The lowest BCUT2D eigenvalue weighted by atomic mass is 10.1. The molecule has 158 valence electrons. The van der Waals surface area contributed by atoms with E-state index in [0.717, 1.165) is 23.4 Å². The van der Waals surface area contributed by atoms with Crippen LogP contribution in [-0.4, -0.2) is 9.55 Å². The Morgan fingerprint density at radius 2 is 1.61 bits per heavy atom. The summed E-state index contributed by atoms with van der Waals surface area (Å²) in [5, 5.41) is 1.39. The molecule has 0 fully saturated rings. The van der Waals surface area contributed by atoms with Gasteiger partial charge in [0, 0.05) is 10.8 Å². The maximum Gasteiger partial charge on any atom is 0.416 e. The van der Waals surface area contributed by atoms with Gasteiger partial charge in [0.2, 0.25) is 0 Å². The average molecular weight is 461 g/mol. The number of aromatic nitrogens is 2. The van der Waals surface area contributed by atoms with Gasteiger partial charge in [-0.3, -0.25) is 9.36 Å². The van der Waals surface area contributed by atoms with Gasteiger partial charge in [-0.25, -0.2) is 4.98 Å². The fraction of sp³-hybridized carbons (Fsp3) is 0.130. The van der Waals surface area contributed by atoms with Gasteiger partial charge in [-0.1, -0.05) is 65.8 Å². The molecule has 0 N–H and O–H groups in total. The van der Waals surface area contributed by atoms with E-state index in [4.69, 9.17) is 11.6 Å². The number of alkyl halides is 3. The third-order valence-corrected chi connectivity index (χ3v) is 6.04. The van der Waals surface area contributed by atoms with E-state index >= 15 is 0 Å². The minimum Gasteiger partial charge on any atom is -0.283 e. The number of fused-ring (bicyclic) bond motifs is 1. The Morgan fingerprint density at radius 3 is 2.35 bits per heavy atom. The van der Waals surface area contributed by atoms with Crippen LogP contribution in [0, 0.1) is 0 Å². The van der Waals surface area contributed by atoms with E-state index in [1.165, 1.54) is 16.7 Å². The third kappa shape index (κ3) is 4.78. The van der Waals surface area contributed by atoms with Crippen LogP contribution in [0.15, 0.2) is 82.7 Å². The Kier molecular flexibility index (Phi) is 6.07. The Labute approximate surface area is 185 Å². The number of thioether (sulfide) groups is 1. The first kappa shape index (κ1) is 21.5. The fourth-order valence-corrected chi connectivity index (χ4v) is 4.36. The number of hydrogen-bond donors (Lipinski definition) is 0. The number of halogens is 4. The van der Waals surface area contributed by atoms with Crippen molar-refractivity contribution < 1.29 is 13.2 Å². The van der Waals surface area contributed by atoms with Crippen LogP contribution >= 0.6 is 23.4 Å². The van der Waals surface area contributed by atoms with Crippen molar-refractivity contribution in [3.05, 3.63) is 105 Å². The van der Waals surface area contributed by atoms with E-state index in [2.05, 4.69) is 4.98 Å². The van der Waals surface area contributed by atoms with Crippen LogP contribution in [0.1, 0.15) is 16.7 Å². The predicted molar refractivity (Wildman–Crippen MR) is 118 cm³/mol. The minimum atomic E-state index is -4.45. The molecule has 3 aromatic carbocycles.